The van der Waals surface area contributed by atoms with Crippen molar-refractivity contribution in [3.63, 3.8) is 0 Å². The van der Waals surface area contributed by atoms with Crippen LogP contribution in [-0.4, -0.2) is 0 Å². The van der Waals surface area contributed by atoms with E-state index in [-0.39, 0.29) is 5.82 Å². The summed E-state index contributed by atoms with van der Waals surface area (Å²) in [6.45, 7) is 4.29. The SMILES string of the molecule is C/C=C(\C=C/CC)c1c2ccccc2c(-c2cccc3c2oc2ccc(-c4c5ccccc5c(F)c5ccccc45)cc23)c2ccccc12. The van der Waals surface area contributed by atoms with E-state index in [0.29, 0.717) is 10.8 Å². The summed E-state index contributed by atoms with van der Waals surface area (Å²) in [5, 5.41) is 9.98. The van der Waals surface area contributed by atoms with Crippen LogP contribution in [0.1, 0.15) is 25.8 Å². The van der Waals surface area contributed by atoms with E-state index in [1.165, 1.54) is 38.2 Å². The molecule has 0 aliphatic heterocycles. The molecular formula is C47H33FO. The third-order valence-corrected chi connectivity index (χ3v) is 9.98. The van der Waals surface area contributed by atoms with Gasteiger partial charge in [0.2, 0.25) is 0 Å². The number of rotatable bonds is 5. The molecule has 1 aromatic heterocycles. The van der Waals surface area contributed by atoms with Crippen molar-refractivity contribution in [2.75, 3.05) is 0 Å². The lowest BCUT2D eigenvalue weighted by molar-refractivity contribution is 0.651. The summed E-state index contributed by atoms with van der Waals surface area (Å²) in [4.78, 5) is 0. The Bertz CT molecular complexity index is 2720. The molecule has 9 rings (SSSR count). The van der Waals surface area contributed by atoms with Crippen molar-refractivity contribution >= 4 is 70.6 Å². The number of furan rings is 1. The number of halogens is 1. The molecule has 0 amide bonds. The Morgan fingerprint density at radius 3 is 1.67 bits per heavy atom. The molecular weight excluding hydrogens is 600 g/mol. The monoisotopic (exact) mass is 632 g/mol. The normalized spacial score (nSPS) is 12.5. The average Bonchev–Trinajstić information content (AvgIpc) is 3.53. The van der Waals surface area contributed by atoms with Gasteiger partial charge in [-0.3, -0.25) is 0 Å². The van der Waals surface area contributed by atoms with Crippen LogP contribution < -0.4 is 0 Å². The fraction of sp³-hybridized carbons (Fsp3) is 0.0638. The highest BCUT2D eigenvalue weighted by molar-refractivity contribution is 6.23. The topological polar surface area (TPSA) is 13.1 Å². The van der Waals surface area contributed by atoms with Crippen LogP contribution >= 0.6 is 0 Å². The molecule has 0 unspecified atom stereocenters. The minimum absolute atomic E-state index is 0.178. The summed E-state index contributed by atoms with van der Waals surface area (Å²) in [5.41, 5.74) is 8.47. The molecule has 9 aromatic rings. The van der Waals surface area contributed by atoms with Crippen LogP contribution in [0.5, 0.6) is 0 Å². The Kier molecular flexibility index (Phi) is 6.91. The van der Waals surface area contributed by atoms with Crippen molar-refractivity contribution in [2.45, 2.75) is 20.3 Å². The number of para-hydroxylation sites is 1. The van der Waals surface area contributed by atoms with E-state index in [1.807, 2.05) is 48.5 Å². The maximum Gasteiger partial charge on any atom is 0.143 e. The van der Waals surface area contributed by atoms with Crippen molar-refractivity contribution in [3.05, 3.63) is 163 Å². The first-order valence-corrected chi connectivity index (χ1v) is 17.0. The van der Waals surface area contributed by atoms with E-state index in [9.17, 15) is 0 Å². The van der Waals surface area contributed by atoms with E-state index in [2.05, 4.69) is 117 Å². The maximum absolute atomic E-state index is 15.7. The van der Waals surface area contributed by atoms with Crippen LogP contribution in [0.2, 0.25) is 0 Å². The third-order valence-electron chi connectivity index (χ3n) is 9.98. The Hall–Kier alpha value is -5.99. The predicted octanol–water partition coefficient (Wildman–Crippen LogP) is 14.0. The molecule has 1 nitrogen and oxygen atoms in total. The largest absolute Gasteiger partial charge is 0.455 e. The van der Waals surface area contributed by atoms with Gasteiger partial charge >= 0.3 is 0 Å². The quantitative estimate of drug-likeness (QED) is 0.136. The molecule has 1 heterocycles. The molecule has 0 aliphatic rings. The van der Waals surface area contributed by atoms with Crippen LogP contribution in [0.3, 0.4) is 0 Å². The minimum atomic E-state index is -0.178. The molecule has 0 spiro atoms. The average molecular weight is 633 g/mol. The zero-order chi connectivity index (χ0) is 33.1. The molecule has 0 N–H and O–H groups in total. The first-order valence-electron chi connectivity index (χ1n) is 17.0. The number of fused-ring (bicyclic) bond motifs is 7. The third kappa shape index (κ3) is 4.44. The first kappa shape index (κ1) is 29.2. The standard InChI is InChI=1S/C47H33FO/c1-3-5-15-29(4-2)43-31-16-6-8-18-33(31)45(34-19-9-7-17-32(34)43)40-25-14-24-39-41-28-30(26-27-42(41)49-47(39)40)44-35-20-10-12-22-37(35)46(48)38-23-13-11-21-36(38)44/h4-28H,3H2,1-2H3/b15-5-,29-4+. The van der Waals surface area contributed by atoms with Crippen LogP contribution in [-0.2, 0) is 0 Å². The number of hydrogen-bond donors (Lipinski definition) is 0. The van der Waals surface area contributed by atoms with E-state index in [0.717, 1.165) is 55.8 Å². The molecule has 234 valence electrons. The molecule has 0 bridgehead atoms. The second-order valence-electron chi connectivity index (χ2n) is 12.7. The molecule has 0 radical (unpaired) electrons. The van der Waals surface area contributed by atoms with Crippen LogP contribution in [0.15, 0.2) is 156 Å². The molecule has 8 aromatic carbocycles. The summed E-state index contributed by atoms with van der Waals surface area (Å²) in [7, 11) is 0. The van der Waals surface area contributed by atoms with Gasteiger partial charge in [-0.15, -0.1) is 0 Å². The van der Waals surface area contributed by atoms with Crippen molar-refractivity contribution in [3.8, 4) is 22.3 Å². The van der Waals surface area contributed by atoms with E-state index < -0.39 is 0 Å². The van der Waals surface area contributed by atoms with Gasteiger partial charge in [-0.2, -0.15) is 0 Å². The van der Waals surface area contributed by atoms with Gasteiger partial charge in [-0.1, -0.05) is 146 Å². The smallest absolute Gasteiger partial charge is 0.143 e. The minimum Gasteiger partial charge on any atom is -0.455 e. The molecule has 2 heteroatoms. The van der Waals surface area contributed by atoms with Crippen LogP contribution in [0.4, 0.5) is 4.39 Å². The zero-order valence-electron chi connectivity index (χ0n) is 27.4. The van der Waals surface area contributed by atoms with Gasteiger partial charge in [-0.25, -0.2) is 4.39 Å². The fourth-order valence-electron chi connectivity index (χ4n) is 7.84. The summed E-state index contributed by atoms with van der Waals surface area (Å²) >= 11 is 0. The van der Waals surface area contributed by atoms with Gasteiger partial charge in [0.1, 0.15) is 17.0 Å². The molecule has 0 saturated heterocycles. The van der Waals surface area contributed by atoms with Crippen molar-refractivity contribution in [1.82, 2.24) is 0 Å². The molecule has 0 atom stereocenters. The molecule has 0 fully saturated rings. The highest BCUT2D eigenvalue weighted by Gasteiger charge is 2.21. The first-order chi connectivity index (χ1) is 24.2. The van der Waals surface area contributed by atoms with Crippen molar-refractivity contribution < 1.29 is 8.81 Å². The Morgan fingerprint density at radius 1 is 0.571 bits per heavy atom. The second-order valence-corrected chi connectivity index (χ2v) is 12.7. The summed E-state index contributed by atoms with van der Waals surface area (Å²) in [5.74, 6) is -0.178. The Labute approximate surface area is 284 Å². The van der Waals surface area contributed by atoms with Gasteiger partial charge in [0, 0.05) is 32.7 Å². The molecule has 49 heavy (non-hydrogen) atoms. The maximum atomic E-state index is 15.7. The van der Waals surface area contributed by atoms with Gasteiger partial charge in [0.25, 0.3) is 0 Å². The summed E-state index contributed by atoms with van der Waals surface area (Å²) < 4.78 is 22.5. The van der Waals surface area contributed by atoms with Crippen molar-refractivity contribution in [1.29, 1.82) is 0 Å². The lowest BCUT2D eigenvalue weighted by Gasteiger charge is -2.18. The van der Waals surface area contributed by atoms with E-state index in [4.69, 9.17) is 4.42 Å². The van der Waals surface area contributed by atoms with Crippen molar-refractivity contribution in [2.24, 2.45) is 0 Å². The van der Waals surface area contributed by atoms with E-state index in [1.54, 1.807) is 0 Å². The van der Waals surface area contributed by atoms with Crippen LogP contribution in [0.25, 0.3) is 92.9 Å². The number of hydrogen-bond acceptors (Lipinski definition) is 1. The second kappa shape index (κ2) is 11.6. The summed E-state index contributed by atoms with van der Waals surface area (Å²) in [6.07, 6.45) is 7.67. The van der Waals surface area contributed by atoms with Gasteiger partial charge in [-0.05, 0) is 80.1 Å². The predicted molar refractivity (Wildman–Crippen MR) is 208 cm³/mol. The lowest BCUT2D eigenvalue weighted by Crippen LogP contribution is -1.93. The highest BCUT2D eigenvalue weighted by atomic mass is 19.1. The zero-order valence-corrected chi connectivity index (χ0v) is 27.4. The molecule has 0 saturated carbocycles. The Morgan fingerprint density at radius 2 is 1.10 bits per heavy atom. The van der Waals surface area contributed by atoms with Gasteiger partial charge in [0.15, 0.2) is 0 Å². The van der Waals surface area contributed by atoms with Crippen LogP contribution in [0, 0.1) is 5.82 Å². The van der Waals surface area contributed by atoms with Gasteiger partial charge < -0.3 is 4.42 Å². The summed E-state index contributed by atoms with van der Waals surface area (Å²) in [6, 6.07) is 45.9. The van der Waals surface area contributed by atoms with Gasteiger partial charge in [0.05, 0.1) is 0 Å². The molecule has 0 aliphatic carbocycles. The Balaban J connectivity index is 1.33. The highest BCUT2D eigenvalue weighted by Crippen LogP contribution is 2.46. The fourth-order valence-corrected chi connectivity index (χ4v) is 7.84. The van der Waals surface area contributed by atoms with E-state index >= 15 is 4.39 Å². The number of allylic oxidation sites excluding steroid dienone is 4. The lowest BCUT2D eigenvalue weighted by atomic mass is 9.85. The number of benzene rings is 8.